The van der Waals surface area contributed by atoms with E-state index in [2.05, 4.69) is 5.32 Å². The van der Waals surface area contributed by atoms with Gasteiger partial charge in [-0.15, -0.1) is 0 Å². The van der Waals surface area contributed by atoms with Crippen molar-refractivity contribution in [3.63, 3.8) is 0 Å². The summed E-state index contributed by atoms with van der Waals surface area (Å²) in [6.45, 7) is 5.17. The van der Waals surface area contributed by atoms with Crippen molar-refractivity contribution in [1.29, 1.82) is 0 Å². The molecule has 1 fully saturated rings. The van der Waals surface area contributed by atoms with Crippen LogP contribution in [0.2, 0.25) is 0 Å². The van der Waals surface area contributed by atoms with E-state index < -0.39 is 16.1 Å². The lowest BCUT2D eigenvalue weighted by Gasteiger charge is -2.27. The van der Waals surface area contributed by atoms with E-state index in [9.17, 15) is 13.2 Å². The Balaban J connectivity index is 2.24. The van der Waals surface area contributed by atoms with Gasteiger partial charge in [0, 0.05) is 19.7 Å². The maximum Gasteiger partial charge on any atom is 0.253 e. The average molecular weight is 342 g/mol. The molecule has 1 N–H and O–H groups in total. The van der Waals surface area contributed by atoms with E-state index in [1.807, 2.05) is 0 Å². The molecule has 0 radical (unpaired) electrons. The minimum absolute atomic E-state index is 0.0824. The molecule has 1 amide bonds. The molecule has 8 heteroatoms. The topological polar surface area (TPSA) is 84.9 Å². The number of ether oxygens (including phenoxy) is 2. The molecule has 1 aliphatic heterocycles. The predicted octanol–water partition coefficient (Wildman–Crippen LogP) is 1.07. The highest BCUT2D eigenvalue weighted by Gasteiger charge is 2.29. The largest absolute Gasteiger partial charge is 0.379 e. The summed E-state index contributed by atoms with van der Waals surface area (Å²) < 4.78 is 37.3. The fraction of sp³-hybridized carbons (Fsp3) is 0.533. The second-order valence-electron chi connectivity index (χ2n) is 5.10. The van der Waals surface area contributed by atoms with Crippen molar-refractivity contribution in [1.82, 2.24) is 4.31 Å². The van der Waals surface area contributed by atoms with E-state index in [1.54, 1.807) is 32.0 Å². The minimum Gasteiger partial charge on any atom is -0.379 e. The number of hydrogen-bond acceptors (Lipinski definition) is 5. The van der Waals surface area contributed by atoms with Crippen LogP contribution in [-0.4, -0.2) is 57.6 Å². The summed E-state index contributed by atoms with van der Waals surface area (Å²) in [6, 6.07) is 6.38. The Hall–Kier alpha value is -1.48. The molecule has 1 aliphatic rings. The Kier molecular flexibility index (Phi) is 6.11. The normalized spacial score (nSPS) is 17.7. The third kappa shape index (κ3) is 4.29. The van der Waals surface area contributed by atoms with Gasteiger partial charge in [-0.05, 0) is 26.0 Å². The number of morpholine rings is 1. The molecule has 2 rings (SSSR count). The van der Waals surface area contributed by atoms with Crippen LogP contribution >= 0.6 is 0 Å². The first-order valence-electron chi connectivity index (χ1n) is 7.56. The summed E-state index contributed by atoms with van der Waals surface area (Å²) in [5.74, 6) is -0.378. The first kappa shape index (κ1) is 17.9. The van der Waals surface area contributed by atoms with Crippen molar-refractivity contribution >= 4 is 21.6 Å². The summed E-state index contributed by atoms with van der Waals surface area (Å²) >= 11 is 0. The van der Waals surface area contributed by atoms with Crippen molar-refractivity contribution in [3.05, 3.63) is 24.3 Å². The van der Waals surface area contributed by atoms with Crippen molar-refractivity contribution in [3.8, 4) is 0 Å². The minimum atomic E-state index is -3.68. The van der Waals surface area contributed by atoms with Gasteiger partial charge in [0.25, 0.3) is 5.91 Å². The van der Waals surface area contributed by atoms with Gasteiger partial charge in [0.1, 0.15) is 11.0 Å². The highest BCUT2D eigenvalue weighted by molar-refractivity contribution is 7.89. The van der Waals surface area contributed by atoms with E-state index in [0.717, 1.165) is 0 Å². The number of carbonyl (C=O) groups excluding carboxylic acids is 1. The molecule has 0 bridgehead atoms. The van der Waals surface area contributed by atoms with Gasteiger partial charge in [-0.25, -0.2) is 8.42 Å². The first-order chi connectivity index (χ1) is 11.0. The molecule has 0 aliphatic carbocycles. The maximum atomic E-state index is 12.8. The molecule has 1 aromatic carbocycles. The third-order valence-corrected chi connectivity index (χ3v) is 5.48. The van der Waals surface area contributed by atoms with E-state index in [-0.39, 0.29) is 16.5 Å². The van der Waals surface area contributed by atoms with Crippen LogP contribution in [0.1, 0.15) is 13.8 Å². The molecule has 0 unspecified atom stereocenters. The number of sulfonamides is 1. The summed E-state index contributed by atoms with van der Waals surface area (Å²) in [5, 5.41) is 2.64. The summed E-state index contributed by atoms with van der Waals surface area (Å²) in [6.07, 6.45) is -0.654. The molecule has 1 heterocycles. The second-order valence-corrected chi connectivity index (χ2v) is 7.01. The lowest BCUT2D eigenvalue weighted by atomic mass is 10.3. The molecule has 0 aromatic heterocycles. The number of hydrogen-bond donors (Lipinski definition) is 1. The van der Waals surface area contributed by atoms with E-state index in [1.165, 1.54) is 10.4 Å². The fourth-order valence-corrected chi connectivity index (χ4v) is 3.84. The lowest BCUT2D eigenvalue weighted by Crippen LogP contribution is -2.41. The average Bonchev–Trinajstić information content (AvgIpc) is 2.56. The summed E-state index contributed by atoms with van der Waals surface area (Å²) in [5.41, 5.74) is 0.260. The zero-order chi connectivity index (χ0) is 16.9. The van der Waals surface area contributed by atoms with Crippen molar-refractivity contribution in [2.75, 3.05) is 38.2 Å². The van der Waals surface area contributed by atoms with Gasteiger partial charge in [-0.3, -0.25) is 4.79 Å². The number of nitrogens with one attached hydrogen (secondary N) is 1. The molecule has 7 nitrogen and oxygen atoms in total. The van der Waals surface area contributed by atoms with Crippen LogP contribution in [0.15, 0.2) is 29.2 Å². The van der Waals surface area contributed by atoms with Gasteiger partial charge >= 0.3 is 0 Å². The van der Waals surface area contributed by atoms with Crippen molar-refractivity contribution in [2.24, 2.45) is 0 Å². The zero-order valence-corrected chi connectivity index (χ0v) is 14.1. The Bertz CT molecular complexity index is 641. The van der Waals surface area contributed by atoms with Gasteiger partial charge in [0.2, 0.25) is 10.0 Å². The number of para-hydroxylation sites is 1. The summed E-state index contributed by atoms with van der Waals surface area (Å²) in [7, 11) is -3.68. The number of amides is 1. The molecule has 128 valence electrons. The molecule has 0 saturated carbocycles. The van der Waals surface area contributed by atoms with Crippen LogP contribution in [0, 0.1) is 0 Å². The van der Waals surface area contributed by atoms with E-state index in [4.69, 9.17) is 9.47 Å². The standard InChI is InChI=1S/C15H22N2O5S/c1-3-22-12(2)15(18)16-13-6-4-5-7-14(13)23(19,20)17-8-10-21-11-9-17/h4-7,12H,3,8-11H2,1-2H3,(H,16,18)/t12-/m0/s1. The van der Waals surface area contributed by atoms with Gasteiger partial charge in [0.05, 0.1) is 18.9 Å². The first-order valence-corrected chi connectivity index (χ1v) is 9.00. The smallest absolute Gasteiger partial charge is 0.253 e. The van der Waals surface area contributed by atoms with Crippen LogP contribution in [0.5, 0.6) is 0 Å². The second kappa shape index (κ2) is 7.87. The molecule has 1 aromatic rings. The quantitative estimate of drug-likeness (QED) is 0.836. The predicted molar refractivity (Wildman–Crippen MR) is 85.7 cm³/mol. The van der Waals surface area contributed by atoms with Gasteiger partial charge < -0.3 is 14.8 Å². The number of benzene rings is 1. The van der Waals surface area contributed by atoms with Crippen molar-refractivity contribution in [2.45, 2.75) is 24.8 Å². The van der Waals surface area contributed by atoms with Crippen LogP contribution in [0.3, 0.4) is 0 Å². The number of carbonyl (C=O) groups is 1. The monoisotopic (exact) mass is 342 g/mol. The number of nitrogens with zero attached hydrogens (tertiary/aromatic N) is 1. The Morgan fingerprint density at radius 2 is 2.00 bits per heavy atom. The zero-order valence-electron chi connectivity index (χ0n) is 13.3. The summed E-state index contributed by atoms with van der Waals surface area (Å²) in [4.78, 5) is 12.2. The number of anilines is 1. The molecule has 23 heavy (non-hydrogen) atoms. The van der Waals surface area contributed by atoms with Crippen LogP contribution < -0.4 is 5.32 Å². The van der Waals surface area contributed by atoms with Gasteiger partial charge in [0.15, 0.2) is 0 Å². The molecular formula is C15H22N2O5S. The Morgan fingerprint density at radius 1 is 1.35 bits per heavy atom. The van der Waals surface area contributed by atoms with Gasteiger partial charge in [-0.1, -0.05) is 12.1 Å². The van der Waals surface area contributed by atoms with Crippen LogP contribution in [0.25, 0.3) is 0 Å². The Morgan fingerprint density at radius 3 is 2.65 bits per heavy atom. The van der Waals surface area contributed by atoms with Crippen molar-refractivity contribution < 1.29 is 22.7 Å². The molecule has 0 spiro atoms. The maximum absolute atomic E-state index is 12.8. The van der Waals surface area contributed by atoms with E-state index in [0.29, 0.717) is 32.9 Å². The highest BCUT2D eigenvalue weighted by atomic mass is 32.2. The lowest BCUT2D eigenvalue weighted by molar-refractivity contribution is -0.126. The Labute approximate surface area is 136 Å². The fourth-order valence-electron chi connectivity index (χ4n) is 2.28. The van der Waals surface area contributed by atoms with E-state index >= 15 is 0 Å². The number of rotatable bonds is 6. The molecular weight excluding hydrogens is 320 g/mol. The third-order valence-electron chi connectivity index (χ3n) is 3.52. The highest BCUT2D eigenvalue weighted by Crippen LogP contribution is 2.25. The van der Waals surface area contributed by atoms with Crippen LogP contribution in [-0.2, 0) is 24.3 Å². The molecule has 1 saturated heterocycles. The molecule has 1 atom stereocenters. The SMILES string of the molecule is CCO[C@@H](C)C(=O)Nc1ccccc1S(=O)(=O)N1CCOCC1. The van der Waals surface area contributed by atoms with Gasteiger partial charge in [-0.2, -0.15) is 4.31 Å². The van der Waals surface area contributed by atoms with Crippen LogP contribution in [0.4, 0.5) is 5.69 Å².